The minimum absolute atomic E-state index is 0.336. The minimum atomic E-state index is 0.336. The van der Waals surface area contributed by atoms with E-state index in [-0.39, 0.29) is 0 Å². The molecule has 0 aromatic carbocycles. The maximum absolute atomic E-state index is 8.68. The standard InChI is InChI=1S/C11H17N/c1-9(2)5-4-6-11(3)7-10(11)8-12/h5,10H,4,6-7H2,1-3H3/t10-,11-/m1/s1. The van der Waals surface area contributed by atoms with Crippen LogP contribution in [0.1, 0.15) is 40.0 Å². The second kappa shape index (κ2) is 3.31. The van der Waals surface area contributed by atoms with Crippen molar-refractivity contribution in [2.24, 2.45) is 11.3 Å². The fourth-order valence-corrected chi connectivity index (χ4v) is 1.58. The van der Waals surface area contributed by atoms with Gasteiger partial charge >= 0.3 is 0 Å². The number of hydrogen-bond donors (Lipinski definition) is 0. The van der Waals surface area contributed by atoms with Gasteiger partial charge in [-0.25, -0.2) is 0 Å². The molecule has 1 rings (SSSR count). The average molecular weight is 163 g/mol. The van der Waals surface area contributed by atoms with Gasteiger partial charge in [-0.15, -0.1) is 0 Å². The number of nitrogens with zero attached hydrogens (tertiary/aromatic N) is 1. The summed E-state index contributed by atoms with van der Waals surface area (Å²) in [6.07, 6.45) is 5.69. The van der Waals surface area contributed by atoms with Gasteiger partial charge in [0.25, 0.3) is 0 Å². The molecular formula is C11H17N. The minimum Gasteiger partial charge on any atom is -0.198 e. The first-order chi connectivity index (χ1) is 5.58. The molecule has 1 aliphatic carbocycles. The number of hydrogen-bond acceptors (Lipinski definition) is 1. The SMILES string of the molecule is CC(C)=CCC[C@]1(C)C[C@@H]1C#N. The van der Waals surface area contributed by atoms with Crippen molar-refractivity contribution in [3.8, 4) is 6.07 Å². The normalized spacial score (nSPS) is 32.3. The van der Waals surface area contributed by atoms with E-state index in [1.165, 1.54) is 12.0 Å². The van der Waals surface area contributed by atoms with Crippen molar-refractivity contribution in [1.29, 1.82) is 5.26 Å². The average Bonchev–Trinajstić information content (AvgIpc) is 2.61. The van der Waals surface area contributed by atoms with Crippen molar-refractivity contribution < 1.29 is 0 Å². The summed E-state index contributed by atoms with van der Waals surface area (Å²) >= 11 is 0. The molecule has 0 amide bonds. The van der Waals surface area contributed by atoms with E-state index < -0.39 is 0 Å². The van der Waals surface area contributed by atoms with Crippen LogP contribution >= 0.6 is 0 Å². The molecule has 66 valence electrons. The third kappa shape index (κ3) is 2.11. The smallest absolute Gasteiger partial charge is 0.0661 e. The van der Waals surface area contributed by atoms with E-state index in [9.17, 15) is 0 Å². The highest BCUT2D eigenvalue weighted by Crippen LogP contribution is 2.55. The predicted molar refractivity (Wildman–Crippen MR) is 50.5 cm³/mol. The van der Waals surface area contributed by atoms with E-state index in [4.69, 9.17) is 5.26 Å². The highest BCUT2D eigenvalue weighted by molar-refractivity contribution is 5.10. The first-order valence-corrected chi connectivity index (χ1v) is 4.61. The maximum atomic E-state index is 8.68. The Bertz CT molecular complexity index is 230. The molecule has 0 aromatic heterocycles. The molecule has 1 nitrogen and oxygen atoms in total. The van der Waals surface area contributed by atoms with Gasteiger partial charge in [0.05, 0.1) is 12.0 Å². The van der Waals surface area contributed by atoms with Gasteiger partial charge in [-0.05, 0) is 38.5 Å². The Hall–Kier alpha value is -0.770. The molecule has 1 aliphatic rings. The van der Waals surface area contributed by atoms with Gasteiger partial charge in [0, 0.05) is 0 Å². The Morgan fingerprint density at radius 3 is 2.75 bits per heavy atom. The zero-order chi connectivity index (χ0) is 9.19. The van der Waals surface area contributed by atoms with E-state index in [1.807, 2.05) is 0 Å². The van der Waals surface area contributed by atoms with Gasteiger partial charge in [0.15, 0.2) is 0 Å². The van der Waals surface area contributed by atoms with Crippen LogP contribution in [0.15, 0.2) is 11.6 Å². The quantitative estimate of drug-likeness (QED) is 0.586. The summed E-state index contributed by atoms with van der Waals surface area (Å²) in [6, 6.07) is 2.35. The lowest BCUT2D eigenvalue weighted by Gasteiger charge is -2.05. The lowest BCUT2D eigenvalue weighted by atomic mass is 9.99. The zero-order valence-corrected chi connectivity index (χ0v) is 8.22. The van der Waals surface area contributed by atoms with E-state index in [2.05, 4.69) is 32.9 Å². The van der Waals surface area contributed by atoms with Gasteiger partial charge in [-0.3, -0.25) is 0 Å². The van der Waals surface area contributed by atoms with E-state index in [0.29, 0.717) is 11.3 Å². The first kappa shape index (κ1) is 9.32. The maximum Gasteiger partial charge on any atom is 0.0661 e. The molecule has 0 radical (unpaired) electrons. The van der Waals surface area contributed by atoms with Crippen LogP contribution in [0.3, 0.4) is 0 Å². The molecular weight excluding hydrogens is 146 g/mol. The lowest BCUT2D eigenvalue weighted by Crippen LogP contribution is -1.95. The Morgan fingerprint density at radius 2 is 2.33 bits per heavy atom. The molecule has 2 atom stereocenters. The molecule has 0 spiro atoms. The van der Waals surface area contributed by atoms with Gasteiger partial charge in [-0.2, -0.15) is 5.26 Å². The van der Waals surface area contributed by atoms with Crippen LogP contribution in [0.25, 0.3) is 0 Å². The van der Waals surface area contributed by atoms with Crippen molar-refractivity contribution >= 4 is 0 Å². The monoisotopic (exact) mass is 163 g/mol. The molecule has 12 heavy (non-hydrogen) atoms. The van der Waals surface area contributed by atoms with Crippen LogP contribution in [-0.4, -0.2) is 0 Å². The van der Waals surface area contributed by atoms with Crippen molar-refractivity contribution in [3.63, 3.8) is 0 Å². The second-order valence-corrected chi connectivity index (χ2v) is 4.36. The third-order valence-corrected chi connectivity index (χ3v) is 2.78. The van der Waals surface area contributed by atoms with Crippen LogP contribution in [0.4, 0.5) is 0 Å². The molecule has 1 heteroatoms. The summed E-state index contributed by atoms with van der Waals surface area (Å²) in [5, 5.41) is 8.68. The summed E-state index contributed by atoms with van der Waals surface area (Å²) in [6.45, 7) is 6.47. The fourth-order valence-electron chi connectivity index (χ4n) is 1.58. The predicted octanol–water partition coefficient (Wildman–Crippen LogP) is 3.28. The van der Waals surface area contributed by atoms with Crippen LogP contribution in [-0.2, 0) is 0 Å². The molecule has 0 aliphatic heterocycles. The van der Waals surface area contributed by atoms with Crippen LogP contribution in [0.5, 0.6) is 0 Å². The number of nitriles is 1. The zero-order valence-electron chi connectivity index (χ0n) is 8.22. The molecule has 0 saturated heterocycles. The highest BCUT2D eigenvalue weighted by atomic mass is 14.5. The second-order valence-electron chi connectivity index (χ2n) is 4.36. The van der Waals surface area contributed by atoms with Crippen LogP contribution in [0.2, 0.25) is 0 Å². The van der Waals surface area contributed by atoms with Crippen molar-refractivity contribution in [2.45, 2.75) is 40.0 Å². The summed E-state index contributed by atoms with van der Waals surface area (Å²) in [5.41, 5.74) is 1.73. The topological polar surface area (TPSA) is 23.8 Å². The van der Waals surface area contributed by atoms with E-state index >= 15 is 0 Å². The van der Waals surface area contributed by atoms with Crippen molar-refractivity contribution in [2.75, 3.05) is 0 Å². The number of rotatable bonds is 3. The van der Waals surface area contributed by atoms with Crippen LogP contribution in [0, 0.1) is 22.7 Å². The van der Waals surface area contributed by atoms with E-state index in [1.54, 1.807) is 0 Å². The Kier molecular flexibility index (Phi) is 2.57. The van der Waals surface area contributed by atoms with Gasteiger partial charge in [0.1, 0.15) is 0 Å². The molecule has 0 bridgehead atoms. The molecule has 1 saturated carbocycles. The Balaban J connectivity index is 2.27. The summed E-state index contributed by atoms with van der Waals surface area (Å²) in [4.78, 5) is 0. The molecule has 0 unspecified atom stereocenters. The fraction of sp³-hybridized carbons (Fsp3) is 0.727. The van der Waals surface area contributed by atoms with Gasteiger partial charge < -0.3 is 0 Å². The van der Waals surface area contributed by atoms with Gasteiger partial charge in [-0.1, -0.05) is 18.6 Å². The van der Waals surface area contributed by atoms with Crippen molar-refractivity contribution in [3.05, 3.63) is 11.6 Å². The lowest BCUT2D eigenvalue weighted by molar-refractivity contribution is 0.497. The largest absolute Gasteiger partial charge is 0.198 e. The van der Waals surface area contributed by atoms with E-state index in [0.717, 1.165) is 12.8 Å². The summed E-state index contributed by atoms with van der Waals surface area (Å²) in [7, 11) is 0. The van der Waals surface area contributed by atoms with Gasteiger partial charge in [0.2, 0.25) is 0 Å². The molecule has 0 heterocycles. The molecule has 0 aromatic rings. The first-order valence-electron chi connectivity index (χ1n) is 4.61. The van der Waals surface area contributed by atoms with Crippen LogP contribution < -0.4 is 0 Å². The highest BCUT2D eigenvalue weighted by Gasteiger charge is 2.49. The molecule has 0 N–H and O–H groups in total. The Labute approximate surface area is 75.1 Å². The Morgan fingerprint density at radius 1 is 1.67 bits per heavy atom. The summed E-state index contributed by atoms with van der Waals surface area (Å²) in [5.74, 6) is 0.336. The number of allylic oxidation sites excluding steroid dienone is 2. The van der Waals surface area contributed by atoms with Crippen molar-refractivity contribution in [1.82, 2.24) is 0 Å². The summed E-state index contributed by atoms with van der Waals surface area (Å²) < 4.78 is 0. The molecule has 1 fully saturated rings. The third-order valence-electron chi connectivity index (χ3n) is 2.78.